The number of benzene rings is 2. The molecule has 0 fully saturated rings. The summed E-state index contributed by atoms with van der Waals surface area (Å²) in [5, 5.41) is 15.4. The molecule has 1 amide bonds. The highest BCUT2D eigenvalue weighted by atomic mass is 35.5. The molecule has 0 radical (unpaired) electrons. The summed E-state index contributed by atoms with van der Waals surface area (Å²) in [6.07, 6.45) is 2.82. The van der Waals surface area contributed by atoms with Crippen molar-refractivity contribution in [3.8, 4) is 6.07 Å². The van der Waals surface area contributed by atoms with Gasteiger partial charge in [-0.2, -0.15) is 5.26 Å². The highest BCUT2D eigenvalue weighted by molar-refractivity contribution is 6.30. The van der Waals surface area contributed by atoms with Crippen LogP contribution in [0.3, 0.4) is 0 Å². The lowest BCUT2D eigenvalue weighted by Gasteiger charge is -2.07. The number of carbonyl (C=O) groups is 1. The number of hydrogen-bond acceptors (Lipinski definition) is 5. The van der Waals surface area contributed by atoms with Gasteiger partial charge < -0.3 is 10.6 Å². The fraction of sp³-hybridized carbons (Fsp3) is 0. The molecule has 0 spiro atoms. The fourth-order valence-electron chi connectivity index (χ4n) is 2.06. The highest BCUT2D eigenvalue weighted by Crippen LogP contribution is 2.18. The maximum atomic E-state index is 12.2. The van der Waals surface area contributed by atoms with Crippen LogP contribution in [-0.4, -0.2) is 15.9 Å². The molecular weight excluding hydrogens is 338 g/mol. The Balaban J connectivity index is 1.70. The van der Waals surface area contributed by atoms with E-state index < -0.39 is 0 Å². The second kappa shape index (κ2) is 7.43. The van der Waals surface area contributed by atoms with Crippen LogP contribution in [0.1, 0.15) is 15.9 Å². The molecule has 0 atom stereocenters. The van der Waals surface area contributed by atoms with Gasteiger partial charge in [-0.1, -0.05) is 23.7 Å². The summed E-state index contributed by atoms with van der Waals surface area (Å²) >= 11 is 5.81. The maximum Gasteiger partial charge on any atom is 0.258 e. The Morgan fingerprint density at radius 1 is 1.04 bits per heavy atom. The number of nitrogens with one attached hydrogen (secondary N) is 2. The number of carbonyl (C=O) groups excluding carboxylic acids is 1. The molecule has 0 saturated heterocycles. The SMILES string of the molecule is N#Cc1ccccc1Nc1ncc(C(=O)Nc2ccc(Cl)cc2)cn1. The van der Waals surface area contributed by atoms with Crippen molar-refractivity contribution in [2.24, 2.45) is 0 Å². The molecule has 1 aromatic heterocycles. The minimum atomic E-state index is -0.328. The van der Waals surface area contributed by atoms with E-state index in [0.717, 1.165) is 0 Å². The number of aromatic nitrogens is 2. The second-order valence-corrected chi connectivity index (χ2v) is 5.48. The minimum Gasteiger partial charge on any atom is -0.323 e. The van der Waals surface area contributed by atoms with Gasteiger partial charge >= 0.3 is 0 Å². The smallest absolute Gasteiger partial charge is 0.258 e. The van der Waals surface area contributed by atoms with Crippen molar-refractivity contribution in [1.82, 2.24) is 9.97 Å². The van der Waals surface area contributed by atoms with Crippen molar-refractivity contribution in [2.45, 2.75) is 0 Å². The average molecular weight is 350 g/mol. The monoisotopic (exact) mass is 349 g/mol. The van der Waals surface area contributed by atoms with Crippen LogP contribution in [0.2, 0.25) is 5.02 Å². The average Bonchev–Trinajstić information content (AvgIpc) is 2.64. The summed E-state index contributed by atoms with van der Waals surface area (Å²) in [5.74, 6) is -0.0305. The van der Waals surface area contributed by atoms with Gasteiger partial charge in [-0.3, -0.25) is 4.79 Å². The minimum absolute atomic E-state index is 0.297. The molecule has 7 heteroatoms. The first-order chi connectivity index (χ1) is 12.2. The van der Waals surface area contributed by atoms with Crippen molar-refractivity contribution in [1.29, 1.82) is 5.26 Å². The summed E-state index contributed by atoms with van der Waals surface area (Å²) in [5.41, 5.74) is 2.02. The van der Waals surface area contributed by atoms with Crippen LogP contribution in [0, 0.1) is 11.3 Å². The predicted octanol–water partition coefficient (Wildman–Crippen LogP) is 4.00. The van der Waals surface area contributed by atoms with Crippen LogP contribution in [0.4, 0.5) is 17.3 Å². The number of amides is 1. The first-order valence-electron chi connectivity index (χ1n) is 7.31. The van der Waals surface area contributed by atoms with E-state index in [1.54, 1.807) is 48.5 Å². The standard InChI is InChI=1S/C18H12ClN5O/c19-14-5-7-15(8-6-14)23-17(25)13-10-21-18(22-11-13)24-16-4-2-1-3-12(16)9-20/h1-8,10-11H,(H,23,25)(H,21,22,24). The van der Waals surface area contributed by atoms with Crippen LogP contribution in [0.25, 0.3) is 0 Å². The zero-order valence-corrected chi connectivity index (χ0v) is 13.7. The van der Waals surface area contributed by atoms with Gasteiger partial charge in [0, 0.05) is 23.1 Å². The predicted molar refractivity (Wildman–Crippen MR) is 95.9 cm³/mol. The van der Waals surface area contributed by atoms with E-state index in [4.69, 9.17) is 16.9 Å². The van der Waals surface area contributed by atoms with Gasteiger partial charge in [0.25, 0.3) is 5.91 Å². The molecule has 2 aromatic carbocycles. The molecule has 3 aromatic rings. The van der Waals surface area contributed by atoms with Gasteiger partial charge in [0.2, 0.25) is 5.95 Å². The van der Waals surface area contributed by atoms with Crippen molar-refractivity contribution in [3.05, 3.63) is 77.1 Å². The Hall–Kier alpha value is -3.43. The molecule has 3 rings (SSSR count). The fourth-order valence-corrected chi connectivity index (χ4v) is 2.18. The number of nitriles is 1. The van der Waals surface area contributed by atoms with Gasteiger partial charge in [-0.15, -0.1) is 0 Å². The third-order valence-electron chi connectivity index (χ3n) is 3.31. The Morgan fingerprint density at radius 3 is 2.40 bits per heavy atom. The van der Waals surface area contributed by atoms with E-state index in [9.17, 15) is 4.79 Å². The number of anilines is 3. The van der Waals surface area contributed by atoms with Gasteiger partial charge in [0.05, 0.1) is 16.8 Å². The summed E-state index contributed by atoms with van der Waals surface area (Å²) in [4.78, 5) is 20.4. The molecule has 1 heterocycles. The van der Waals surface area contributed by atoms with E-state index in [2.05, 4.69) is 26.7 Å². The van der Waals surface area contributed by atoms with Gasteiger partial charge in [-0.25, -0.2) is 9.97 Å². The van der Waals surface area contributed by atoms with Crippen molar-refractivity contribution >= 4 is 34.8 Å². The first-order valence-corrected chi connectivity index (χ1v) is 7.68. The number of rotatable bonds is 4. The zero-order valence-electron chi connectivity index (χ0n) is 12.9. The quantitative estimate of drug-likeness (QED) is 0.743. The first kappa shape index (κ1) is 16.4. The van der Waals surface area contributed by atoms with E-state index in [1.807, 2.05) is 0 Å². The highest BCUT2D eigenvalue weighted by Gasteiger charge is 2.09. The van der Waals surface area contributed by atoms with E-state index in [1.165, 1.54) is 12.4 Å². The summed E-state index contributed by atoms with van der Waals surface area (Å²) in [7, 11) is 0. The van der Waals surface area contributed by atoms with Crippen molar-refractivity contribution in [2.75, 3.05) is 10.6 Å². The Bertz CT molecular complexity index is 933. The number of hydrogen-bond donors (Lipinski definition) is 2. The molecule has 6 nitrogen and oxygen atoms in total. The third-order valence-corrected chi connectivity index (χ3v) is 3.56. The molecule has 122 valence electrons. The molecule has 0 bridgehead atoms. The van der Waals surface area contributed by atoms with Crippen molar-refractivity contribution < 1.29 is 4.79 Å². The lowest BCUT2D eigenvalue weighted by atomic mass is 10.2. The molecule has 0 aliphatic rings. The van der Waals surface area contributed by atoms with E-state index >= 15 is 0 Å². The van der Waals surface area contributed by atoms with E-state index in [-0.39, 0.29) is 5.91 Å². The molecule has 25 heavy (non-hydrogen) atoms. The molecule has 0 unspecified atom stereocenters. The molecule has 0 aliphatic heterocycles. The van der Waals surface area contributed by atoms with E-state index in [0.29, 0.717) is 33.5 Å². The van der Waals surface area contributed by atoms with Gasteiger partial charge in [0.1, 0.15) is 6.07 Å². The Labute approximate surface area is 149 Å². The van der Waals surface area contributed by atoms with Crippen LogP contribution < -0.4 is 10.6 Å². The normalized spacial score (nSPS) is 9.92. The van der Waals surface area contributed by atoms with Crippen LogP contribution >= 0.6 is 11.6 Å². The molecule has 0 saturated carbocycles. The lowest BCUT2D eigenvalue weighted by molar-refractivity contribution is 0.102. The molecule has 2 N–H and O–H groups in total. The van der Waals surface area contributed by atoms with Gasteiger partial charge in [0.15, 0.2) is 0 Å². The molecule has 0 aliphatic carbocycles. The van der Waals surface area contributed by atoms with Crippen molar-refractivity contribution in [3.63, 3.8) is 0 Å². The number of nitrogens with zero attached hydrogens (tertiary/aromatic N) is 3. The largest absolute Gasteiger partial charge is 0.323 e. The van der Waals surface area contributed by atoms with Crippen LogP contribution in [0.5, 0.6) is 0 Å². The lowest BCUT2D eigenvalue weighted by Crippen LogP contribution is -2.13. The molecular formula is C18H12ClN5O. The van der Waals surface area contributed by atoms with Crippen LogP contribution in [0.15, 0.2) is 60.9 Å². The number of para-hydroxylation sites is 1. The summed E-state index contributed by atoms with van der Waals surface area (Å²) in [6.45, 7) is 0. The maximum absolute atomic E-state index is 12.2. The van der Waals surface area contributed by atoms with Crippen LogP contribution in [-0.2, 0) is 0 Å². The summed E-state index contributed by atoms with van der Waals surface area (Å²) in [6, 6.07) is 15.9. The summed E-state index contributed by atoms with van der Waals surface area (Å²) < 4.78 is 0. The zero-order chi connectivity index (χ0) is 17.6. The third kappa shape index (κ3) is 4.10. The Morgan fingerprint density at radius 2 is 1.72 bits per heavy atom. The number of halogens is 1. The Kier molecular flexibility index (Phi) is 4.88. The van der Waals surface area contributed by atoms with Gasteiger partial charge in [-0.05, 0) is 36.4 Å². The topological polar surface area (TPSA) is 90.7 Å². The second-order valence-electron chi connectivity index (χ2n) is 5.04.